The standard InChI is InChI=1S/C20H40O/c1-17(2)15-13-11-9-7-8-10-12-14-16-20(6,21)19(5)18(3)4/h17,21H,7-16H2,1-6H3. The van der Waals surface area contributed by atoms with Crippen LogP contribution in [0.15, 0.2) is 11.1 Å². The van der Waals surface area contributed by atoms with Crippen LogP contribution in [0.25, 0.3) is 0 Å². The molecular formula is C20H40O. The van der Waals surface area contributed by atoms with Gasteiger partial charge in [-0.2, -0.15) is 0 Å². The van der Waals surface area contributed by atoms with Gasteiger partial charge in [0.05, 0.1) is 5.60 Å². The quantitative estimate of drug-likeness (QED) is 0.316. The van der Waals surface area contributed by atoms with E-state index in [0.717, 1.165) is 24.3 Å². The molecule has 0 saturated heterocycles. The normalized spacial score (nSPS) is 14.3. The van der Waals surface area contributed by atoms with Gasteiger partial charge in [-0.3, -0.25) is 0 Å². The van der Waals surface area contributed by atoms with Gasteiger partial charge in [0.25, 0.3) is 0 Å². The van der Waals surface area contributed by atoms with Gasteiger partial charge in [-0.15, -0.1) is 0 Å². The Labute approximate surface area is 134 Å². The summed E-state index contributed by atoms with van der Waals surface area (Å²) >= 11 is 0. The van der Waals surface area contributed by atoms with E-state index >= 15 is 0 Å². The Bertz CT molecular complexity index is 282. The summed E-state index contributed by atoms with van der Waals surface area (Å²) < 4.78 is 0. The first kappa shape index (κ1) is 20.7. The van der Waals surface area contributed by atoms with Crippen LogP contribution in [-0.4, -0.2) is 10.7 Å². The van der Waals surface area contributed by atoms with Crippen LogP contribution in [-0.2, 0) is 0 Å². The molecular weight excluding hydrogens is 256 g/mol. The minimum absolute atomic E-state index is 0.602. The molecule has 0 heterocycles. The average Bonchev–Trinajstić information content (AvgIpc) is 2.39. The maximum atomic E-state index is 10.4. The number of allylic oxidation sites excluding steroid dienone is 1. The molecule has 21 heavy (non-hydrogen) atoms. The highest BCUT2D eigenvalue weighted by atomic mass is 16.3. The van der Waals surface area contributed by atoms with Crippen LogP contribution in [0.1, 0.15) is 106 Å². The molecule has 1 nitrogen and oxygen atoms in total. The summed E-state index contributed by atoms with van der Waals surface area (Å²) in [5.74, 6) is 0.863. The lowest BCUT2D eigenvalue weighted by atomic mass is 9.88. The Morgan fingerprint density at radius 3 is 1.67 bits per heavy atom. The van der Waals surface area contributed by atoms with E-state index in [2.05, 4.69) is 34.6 Å². The highest BCUT2D eigenvalue weighted by Crippen LogP contribution is 2.25. The molecule has 0 aromatic rings. The number of unbranched alkanes of at least 4 members (excludes halogenated alkanes) is 7. The van der Waals surface area contributed by atoms with Crippen molar-refractivity contribution in [2.75, 3.05) is 0 Å². The van der Waals surface area contributed by atoms with E-state index < -0.39 is 5.60 Å². The minimum atomic E-state index is -0.602. The van der Waals surface area contributed by atoms with Crippen LogP contribution in [0.3, 0.4) is 0 Å². The summed E-state index contributed by atoms with van der Waals surface area (Å²) in [6, 6.07) is 0. The van der Waals surface area contributed by atoms with Crippen molar-refractivity contribution in [3.05, 3.63) is 11.1 Å². The number of rotatable bonds is 12. The van der Waals surface area contributed by atoms with Crippen molar-refractivity contribution < 1.29 is 5.11 Å². The van der Waals surface area contributed by atoms with Crippen LogP contribution < -0.4 is 0 Å². The van der Waals surface area contributed by atoms with Crippen LogP contribution >= 0.6 is 0 Å². The van der Waals surface area contributed by atoms with E-state index in [4.69, 9.17) is 0 Å². The van der Waals surface area contributed by atoms with Gasteiger partial charge in [-0.1, -0.05) is 77.2 Å². The molecule has 0 aromatic carbocycles. The minimum Gasteiger partial charge on any atom is -0.386 e. The lowest BCUT2D eigenvalue weighted by molar-refractivity contribution is 0.0847. The topological polar surface area (TPSA) is 20.2 Å². The van der Waals surface area contributed by atoms with E-state index in [9.17, 15) is 5.11 Å². The van der Waals surface area contributed by atoms with E-state index in [0.29, 0.717) is 0 Å². The largest absolute Gasteiger partial charge is 0.386 e. The van der Waals surface area contributed by atoms with Crippen molar-refractivity contribution >= 4 is 0 Å². The summed E-state index contributed by atoms with van der Waals surface area (Å²) in [4.78, 5) is 0. The Hall–Kier alpha value is -0.300. The molecule has 1 atom stereocenters. The third-order valence-corrected chi connectivity index (χ3v) is 4.75. The van der Waals surface area contributed by atoms with Gasteiger partial charge < -0.3 is 5.11 Å². The van der Waals surface area contributed by atoms with E-state index in [-0.39, 0.29) is 0 Å². The summed E-state index contributed by atoms with van der Waals surface area (Å²) in [6.07, 6.45) is 13.0. The van der Waals surface area contributed by atoms with Crippen LogP contribution in [0, 0.1) is 5.92 Å². The molecule has 126 valence electrons. The first-order valence-corrected chi connectivity index (χ1v) is 9.14. The maximum Gasteiger partial charge on any atom is 0.0828 e. The van der Waals surface area contributed by atoms with Gasteiger partial charge in [-0.05, 0) is 45.6 Å². The number of hydrogen-bond acceptors (Lipinski definition) is 1. The second-order valence-electron chi connectivity index (χ2n) is 7.66. The fraction of sp³-hybridized carbons (Fsp3) is 0.900. The van der Waals surface area contributed by atoms with Gasteiger partial charge in [0, 0.05) is 0 Å². The van der Waals surface area contributed by atoms with E-state index in [1.165, 1.54) is 56.9 Å². The fourth-order valence-electron chi connectivity index (χ4n) is 2.81. The van der Waals surface area contributed by atoms with Crippen molar-refractivity contribution in [3.63, 3.8) is 0 Å². The molecule has 1 heteroatoms. The summed E-state index contributed by atoms with van der Waals surface area (Å²) in [5.41, 5.74) is 1.80. The molecule has 0 aliphatic heterocycles. The van der Waals surface area contributed by atoms with E-state index in [1.54, 1.807) is 0 Å². The maximum absolute atomic E-state index is 10.4. The third kappa shape index (κ3) is 11.0. The Kier molecular flexibility index (Phi) is 11.1. The Morgan fingerprint density at radius 1 is 0.810 bits per heavy atom. The van der Waals surface area contributed by atoms with Gasteiger partial charge in [-0.25, -0.2) is 0 Å². The zero-order chi connectivity index (χ0) is 16.3. The molecule has 0 aromatic heterocycles. The summed E-state index contributed by atoms with van der Waals surface area (Å²) in [5, 5.41) is 10.4. The molecule has 0 radical (unpaired) electrons. The zero-order valence-electron chi connectivity index (χ0n) is 15.6. The molecule has 0 spiro atoms. The van der Waals surface area contributed by atoms with Crippen LogP contribution in [0.2, 0.25) is 0 Å². The van der Waals surface area contributed by atoms with Gasteiger partial charge >= 0.3 is 0 Å². The van der Waals surface area contributed by atoms with Gasteiger partial charge in [0.15, 0.2) is 0 Å². The van der Waals surface area contributed by atoms with Crippen molar-refractivity contribution in [3.8, 4) is 0 Å². The van der Waals surface area contributed by atoms with Gasteiger partial charge in [0.2, 0.25) is 0 Å². The highest BCUT2D eigenvalue weighted by Gasteiger charge is 2.22. The molecule has 0 aliphatic rings. The van der Waals surface area contributed by atoms with Crippen molar-refractivity contribution in [1.82, 2.24) is 0 Å². The first-order valence-electron chi connectivity index (χ1n) is 9.14. The molecule has 1 unspecified atom stereocenters. The third-order valence-electron chi connectivity index (χ3n) is 4.75. The van der Waals surface area contributed by atoms with Crippen molar-refractivity contribution in [2.24, 2.45) is 5.92 Å². The molecule has 0 saturated carbocycles. The lowest BCUT2D eigenvalue weighted by Crippen LogP contribution is -2.26. The SMILES string of the molecule is CC(C)=C(C)C(C)(O)CCCCCCCCCCC(C)C. The fourth-order valence-corrected chi connectivity index (χ4v) is 2.81. The molecule has 1 N–H and O–H groups in total. The molecule has 0 fully saturated rings. The second kappa shape index (κ2) is 11.3. The van der Waals surface area contributed by atoms with Crippen molar-refractivity contribution in [2.45, 2.75) is 111 Å². The summed E-state index contributed by atoms with van der Waals surface area (Å²) in [6.45, 7) is 12.8. The molecule has 0 rings (SSSR count). The molecule has 0 bridgehead atoms. The van der Waals surface area contributed by atoms with Gasteiger partial charge in [0.1, 0.15) is 0 Å². The van der Waals surface area contributed by atoms with Crippen molar-refractivity contribution in [1.29, 1.82) is 0 Å². The molecule has 0 amide bonds. The Balaban J connectivity index is 3.51. The first-order chi connectivity index (χ1) is 9.77. The van der Waals surface area contributed by atoms with E-state index in [1.807, 2.05) is 6.92 Å². The zero-order valence-corrected chi connectivity index (χ0v) is 15.6. The summed E-state index contributed by atoms with van der Waals surface area (Å²) in [7, 11) is 0. The average molecular weight is 297 g/mol. The van der Waals surface area contributed by atoms with Crippen LogP contribution in [0.5, 0.6) is 0 Å². The molecule has 0 aliphatic carbocycles. The second-order valence-corrected chi connectivity index (χ2v) is 7.66. The smallest absolute Gasteiger partial charge is 0.0828 e. The lowest BCUT2D eigenvalue weighted by Gasteiger charge is -2.26. The number of hydrogen-bond donors (Lipinski definition) is 1. The van der Waals surface area contributed by atoms with Crippen LogP contribution in [0.4, 0.5) is 0 Å². The number of aliphatic hydroxyl groups is 1. The Morgan fingerprint density at radius 2 is 1.24 bits per heavy atom. The highest BCUT2D eigenvalue weighted by molar-refractivity contribution is 5.17. The predicted molar refractivity (Wildman–Crippen MR) is 95.7 cm³/mol. The monoisotopic (exact) mass is 296 g/mol. The predicted octanol–water partition coefficient (Wildman–Crippen LogP) is 6.65.